The van der Waals surface area contributed by atoms with Crippen LogP contribution in [0.5, 0.6) is 0 Å². The Morgan fingerprint density at radius 2 is 1.05 bits per heavy atom. The number of halogens is 4. The average Bonchev–Trinajstić information content (AvgIpc) is 3.18. The number of anilines is 2. The van der Waals surface area contributed by atoms with Crippen molar-refractivity contribution in [2.45, 2.75) is 59.4 Å². The van der Waals surface area contributed by atoms with Crippen molar-refractivity contribution in [3.8, 4) is 0 Å². The lowest BCUT2D eigenvalue weighted by atomic mass is 10.1. The monoisotopic (exact) mass is 1060 g/mol. The van der Waals surface area contributed by atoms with Gasteiger partial charge < -0.3 is 26.0 Å². The highest BCUT2D eigenvalue weighted by Crippen LogP contribution is 2.34. The molecule has 0 spiro atoms. The molecule has 4 rings (SSSR count). The van der Waals surface area contributed by atoms with Crippen LogP contribution in [0.1, 0.15) is 53.1 Å². The van der Waals surface area contributed by atoms with Crippen molar-refractivity contribution < 1.29 is 34.5 Å². The van der Waals surface area contributed by atoms with Gasteiger partial charge in [0.25, 0.3) is 17.7 Å². The van der Waals surface area contributed by atoms with Crippen molar-refractivity contribution in [1.29, 1.82) is 0 Å². The van der Waals surface area contributed by atoms with Gasteiger partial charge in [0.05, 0.1) is 35.4 Å². The largest absolute Gasteiger partial charge is 0.480 e. The van der Waals surface area contributed by atoms with Crippen LogP contribution in [-0.2, 0) is 9.59 Å². The summed E-state index contributed by atoms with van der Waals surface area (Å²) in [6.45, 7) is 20.2. The van der Waals surface area contributed by atoms with Crippen molar-refractivity contribution in [1.82, 2.24) is 16.3 Å². The molecule has 308 valence electrons. The number of hydrazine groups is 2. The summed E-state index contributed by atoms with van der Waals surface area (Å²) < 4.78 is 2.07. The van der Waals surface area contributed by atoms with Crippen molar-refractivity contribution in [2.75, 3.05) is 10.6 Å². The molecule has 0 unspecified atom stereocenters. The minimum absolute atomic E-state index is 0. The highest BCUT2D eigenvalue weighted by atomic mass is 127. The molecule has 0 heterocycles. The number of nitrogens with zero attached hydrogens (tertiary/aromatic N) is 2. The molecule has 10 N–H and O–H groups in total. The molecule has 0 aromatic heterocycles. The van der Waals surface area contributed by atoms with Crippen molar-refractivity contribution in [3.63, 3.8) is 0 Å². The Bertz CT molecular complexity index is 2140. The van der Waals surface area contributed by atoms with E-state index in [0.717, 1.165) is 7.14 Å². The van der Waals surface area contributed by atoms with Crippen molar-refractivity contribution >= 4 is 115 Å². The molecule has 0 bridgehead atoms. The van der Waals surface area contributed by atoms with Gasteiger partial charge >= 0.3 is 5.97 Å². The quantitative estimate of drug-likeness (QED) is 0.0252. The fourth-order valence-electron chi connectivity index (χ4n) is 4.51. The van der Waals surface area contributed by atoms with Crippen LogP contribution in [0.25, 0.3) is 9.69 Å². The number of nitrogen functional groups attached to an aromatic ring is 1. The number of aliphatic hydroxyl groups excluding tert-OH is 2. The molecule has 0 aliphatic heterocycles. The Kier molecular flexibility index (Phi) is 22.0. The van der Waals surface area contributed by atoms with Gasteiger partial charge in [-0.1, -0.05) is 42.8 Å². The second-order valence-electron chi connectivity index (χ2n) is 11.9. The standard InChI is InChI=1S/C19H18ClIN4O3.C12H13ClN2O3.C7H7IN2O.CH4/c1-10-14(8-9-15(22-3)16(10)20)23-17(11(2)26)19(28)25-24-18(27)12-4-6-13(21)7-5-12;1-6-8(4-5-9(14-3)10(6)13)15-11(7(2)16)12(17)18;8-6-3-1-5(2-4-6)7(11)10-9;/h4-9,11,17,23,26H,1-2H3,(H,24,27)(H,25,28);4-5,7,11,15-16H,1-2H3,(H,17,18);1-4H,9H2,(H,10,11);1H4/t11-,17+;7-,11+;;/m00../s1. The molecule has 0 saturated heterocycles. The van der Waals surface area contributed by atoms with E-state index in [-0.39, 0.29) is 23.4 Å². The minimum Gasteiger partial charge on any atom is -0.480 e. The molecule has 0 fully saturated rings. The molecule has 0 radical (unpaired) electrons. The molecule has 15 nitrogen and oxygen atoms in total. The predicted molar refractivity (Wildman–Crippen MR) is 243 cm³/mol. The Morgan fingerprint density at radius 1 is 0.672 bits per heavy atom. The highest BCUT2D eigenvalue weighted by molar-refractivity contribution is 14.1. The molecule has 3 amide bonds. The molecule has 58 heavy (non-hydrogen) atoms. The van der Waals surface area contributed by atoms with Gasteiger partial charge in [-0.25, -0.2) is 20.3 Å². The number of hydrogen-bond acceptors (Lipinski definition) is 9. The smallest absolute Gasteiger partial charge is 0.328 e. The van der Waals surface area contributed by atoms with Gasteiger partial charge in [-0.05, 0) is 145 Å². The van der Waals surface area contributed by atoms with Gasteiger partial charge in [0.2, 0.25) is 11.4 Å². The summed E-state index contributed by atoms with van der Waals surface area (Å²) in [5.41, 5.74) is 10.4. The van der Waals surface area contributed by atoms with Crippen molar-refractivity contribution in [3.05, 3.63) is 135 Å². The normalized spacial score (nSPS) is 11.9. The second-order valence-corrected chi connectivity index (χ2v) is 15.1. The van der Waals surface area contributed by atoms with Crippen LogP contribution >= 0.6 is 68.4 Å². The molecular weight excluding hydrogens is 1020 g/mol. The van der Waals surface area contributed by atoms with E-state index in [1.54, 1.807) is 62.4 Å². The van der Waals surface area contributed by atoms with E-state index in [1.165, 1.54) is 26.0 Å². The number of hydrogen-bond donors (Lipinski definition) is 9. The van der Waals surface area contributed by atoms with Crippen LogP contribution in [0.15, 0.2) is 72.8 Å². The molecule has 4 aromatic rings. The van der Waals surface area contributed by atoms with Crippen LogP contribution in [0.2, 0.25) is 10.0 Å². The van der Waals surface area contributed by atoms with E-state index in [4.69, 9.17) is 47.3 Å². The number of nitrogens with one attached hydrogen (secondary N) is 5. The molecule has 0 aliphatic carbocycles. The molecule has 19 heteroatoms. The number of benzene rings is 4. The topological polar surface area (TPSA) is 224 Å². The first-order chi connectivity index (χ1) is 26.9. The summed E-state index contributed by atoms with van der Waals surface area (Å²) >= 11 is 16.4. The summed E-state index contributed by atoms with van der Waals surface area (Å²) in [5.74, 6) is 2.42. The molecular formula is C39H42Cl2I2N8O7. The Balaban J connectivity index is 0.000000479. The maximum absolute atomic E-state index is 12.5. The van der Waals surface area contributed by atoms with Gasteiger partial charge in [-0.3, -0.25) is 30.7 Å². The third-order valence-electron chi connectivity index (χ3n) is 7.75. The van der Waals surface area contributed by atoms with E-state index in [2.05, 4.69) is 81.8 Å². The number of aliphatic hydroxyl groups is 2. The summed E-state index contributed by atoms with van der Waals surface area (Å²) in [7, 11) is 0. The van der Waals surface area contributed by atoms with Gasteiger partial charge in [0, 0.05) is 29.6 Å². The van der Waals surface area contributed by atoms with Gasteiger partial charge in [-0.15, -0.1) is 0 Å². The first-order valence-electron chi connectivity index (χ1n) is 16.4. The van der Waals surface area contributed by atoms with Crippen LogP contribution < -0.4 is 32.8 Å². The van der Waals surface area contributed by atoms with Gasteiger partial charge in [0.15, 0.2) is 6.04 Å². The Labute approximate surface area is 373 Å². The van der Waals surface area contributed by atoms with E-state index < -0.39 is 42.1 Å². The number of carbonyl (C=O) groups excluding carboxylic acids is 3. The van der Waals surface area contributed by atoms with E-state index >= 15 is 0 Å². The Morgan fingerprint density at radius 3 is 1.40 bits per heavy atom. The van der Waals surface area contributed by atoms with E-state index in [9.17, 15) is 29.4 Å². The van der Waals surface area contributed by atoms with Crippen LogP contribution in [0.3, 0.4) is 0 Å². The van der Waals surface area contributed by atoms with Crippen LogP contribution in [0, 0.1) is 34.1 Å². The summed E-state index contributed by atoms with van der Waals surface area (Å²) in [5, 5.41) is 34.5. The van der Waals surface area contributed by atoms with Crippen LogP contribution in [0.4, 0.5) is 22.7 Å². The molecule has 4 atom stereocenters. The number of amides is 3. The van der Waals surface area contributed by atoms with Crippen LogP contribution in [-0.4, -0.2) is 63.3 Å². The third-order valence-corrected chi connectivity index (χ3v) is 10.1. The lowest BCUT2D eigenvalue weighted by Gasteiger charge is -2.23. The van der Waals surface area contributed by atoms with Gasteiger partial charge in [0.1, 0.15) is 6.04 Å². The first kappa shape index (κ1) is 51.3. The number of nitrogens with two attached hydrogens (primary N) is 1. The third kappa shape index (κ3) is 15.2. The average molecular weight is 1060 g/mol. The fourth-order valence-corrected chi connectivity index (χ4v) is 5.64. The second kappa shape index (κ2) is 24.9. The summed E-state index contributed by atoms with van der Waals surface area (Å²) in [6.07, 6.45) is -2.12. The van der Waals surface area contributed by atoms with E-state index in [0.29, 0.717) is 45.0 Å². The predicted octanol–water partition coefficient (Wildman–Crippen LogP) is 7.40. The Hall–Kier alpha value is -4.74. The minimum atomic E-state index is -1.16. The number of carboxylic acids is 1. The highest BCUT2D eigenvalue weighted by Gasteiger charge is 2.26. The summed E-state index contributed by atoms with van der Waals surface area (Å²) in [6, 6.07) is 18.0. The first-order valence-corrected chi connectivity index (χ1v) is 19.3. The van der Waals surface area contributed by atoms with Crippen molar-refractivity contribution in [2.24, 2.45) is 5.84 Å². The zero-order chi connectivity index (χ0) is 43.0. The van der Waals surface area contributed by atoms with E-state index in [1.807, 2.05) is 12.1 Å². The lowest BCUT2D eigenvalue weighted by Crippen LogP contribution is -2.52. The molecule has 4 aromatic carbocycles. The number of carbonyl (C=O) groups is 4. The fraction of sp³-hybridized carbons (Fsp3) is 0.231. The molecule has 0 saturated carbocycles. The summed E-state index contributed by atoms with van der Waals surface area (Å²) in [4.78, 5) is 53.0. The van der Waals surface area contributed by atoms with Gasteiger partial charge in [-0.2, -0.15) is 0 Å². The molecule has 0 aliphatic rings. The number of aliphatic carboxylic acids is 1. The SMILES string of the molecule is C.NNC(=O)c1ccc(I)cc1.[C-]#[N+]c1ccc(N[C@@H](C(=O)NNC(=O)c2ccc(I)cc2)[C@H](C)O)c(C)c1Cl.[C-]#[N+]c1ccc(N[C@@H](C(=O)O)[C@H](C)O)c(C)c1Cl. The zero-order valence-corrected chi connectivity index (χ0v) is 36.5. The zero-order valence-electron chi connectivity index (χ0n) is 30.7. The lowest BCUT2D eigenvalue weighted by molar-refractivity contribution is -0.140. The number of rotatable bonds is 10. The number of carboxylic acid groups (broad SMARTS) is 1. The maximum atomic E-state index is 12.5. The maximum Gasteiger partial charge on any atom is 0.328 e.